The van der Waals surface area contributed by atoms with E-state index in [2.05, 4.69) is 39.0 Å². The maximum Gasteiger partial charge on any atom is 0.253 e. The fraction of sp³-hybridized carbons (Fsp3) is 0.414. The van der Waals surface area contributed by atoms with E-state index < -0.39 is 0 Å². The smallest absolute Gasteiger partial charge is 0.253 e. The van der Waals surface area contributed by atoms with Crippen LogP contribution in [-0.4, -0.2) is 40.5 Å². The Hall–Kier alpha value is -3.21. The topological polar surface area (TPSA) is 55.3 Å². The van der Waals surface area contributed by atoms with Gasteiger partial charge in [-0.1, -0.05) is 37.6 Å². The molecule has 5 heteroatoms. The molecule has 1 aliphatic carbocycles. The maximum atomic E-state index is 12.6. The molecule has 3 aromatic carbocycles. The molecule has 0 unspecified atom stereocenters. The summed E-state index contributed by atoms with van der Waals surface area (Å²) in [5.41, 5.74) is 5.04. The molecule has 34 heavy (non-hydrogen) atoms. The average molecular weight is 454 g/mol. The molecule has 0 N–H and O–H groups in total. The summed E-state index contributed by atoms with van der Waals surface area (Å²) >= 11 is 0. The van der Waals surface area contributed by atoms with E-state index >= 15 is 0 Å². The van der Waals surface area contributed by atoms with Crippen LogP contribution in [0, 0.1) is 11.8 Å². The van der Waals surface area contributed by atoms with E-state index in [0.717, 1.165) is 45.0 Å². The van der Waals surface area contributed by atoms with Crippen LogP contribution in [0.25, 0.3) is 32.8 Å². The van der Waals surface area contributed by atoms with Crippen molar-refractivity contribution in [3.05, 3.63) is 53.6 Å². The third-order valence-corrected chi connectivity index (χ3v) is 7.99. The summed E-state index contributed by atoms with van der Waals surface area (Å²) in [6.07, 6.45) is 3.56. The SMILES string of the molecule is C[C@H]1CC[C@H]2[C@H](C1)c1c(c3ccccc3c3nc4cc(C(=O)N(C)C)ccc4nc13)OC2(C)C. The highest BCUT2D eigenvalue weighted by Crippen LogP contribution is 2.56. The van der Waals surface area contributed by atoms with Gasteiger partial charge in [-0.15, -0.1) is 0 Å². The van der Waals surface area contributed by atoms with Crippen LogP contribution in [0.1, 0.15) is 61.9 Å². The molecule has 1 fully saturated rings. The first-order valence-corrected chi connectivity index (χ1v) is 12.3. The van der Waals surface area contributed by atoms with E-state index in [0.29, 0.717) is 23.3 Å². The molecule has 1 amide bonds. The lowest BCUT2D eigenvalue weighted by molar-refractivity contribution is -0.0115. The van der Waals surface area contributed by atoms with Crippen molar-refractivity contribution in [1.82, 2.24) is 14.9 Å². The van der Waals surface area contributed by atoms with Crippen molar-refractivity contribution < 1.29 is 9.53 Å². The van der Waals surface area contributed by atoms with E-state index in [4.69, 9.17) is 14.7 Å². The zero-order valence-corrected chi connectivity index (χ0v) is 20.6. The lowest BCUT2D eigenvalue weighted by Crippen LogP contribution is -2.46. The molecule has 1 aliphatic heterocycles. The number of carbonyl (C=O) groups is 1. The molecule has 2 heterocycles. The van der Waals surface area contributed by atoms with Gasteiger partial charge < -0.3 is 9.64 Å². The third-order valence-electron chi connectivity index (χ3n) is 7.99. The van der Waals surface area contributed by atoms with Crippen LogP contribution in [0.4, 0.5) is 0 Å². The molecule has 0 spiro atoms. The highest BCUT2D eigenvalue weighted by Gasteiger charge is 2.47. The fourth-order valence-corrected chi connectivity index (χ4v) is 6.29. The Morgan fingerprint density at radius 3 is 2.50 bits per heavy atom. The number of carbonyl (C=O) groups excluding carboxylic acids is 1. The van der Waals surface area contributed by atoms with Crippen LogP contribution in [0.3, 0.4) is 0 Å². The summed E-state index contributed by atoms with van der Waals surface area (Å²) < 4.78 is 6.82. The van der Waals surface area contributed by atoms with E-state index in [1.165, 1.54) is 18.4 Å². The van der Waals surface area contributed by atoms with Crippen LogP contribution in [0.15, 0.2) is 42.5 Å². The molecule has 174 valence electrons. The lowest BCUT2D eigenvalue weighted by atomic mass is 9.64. The summed E-state index contributed by atoms with van der Waals surface area (Å²) in [5, 5.41) is 2.15. The number of aromatic nitrogens is 2. The Kier molecular flexibility index (Phi) is 4.64. The van der Waals surface area contributed by atoms with Gasteiger partial charge in [-0.05, 0) is 56.7 Å². The third kappa shape index (κ3) is 3.09. The highest BCUT2D eigenvalue weighted by molar-refractivity contribution is 6.11. The standard InChI is InChI=1S/C29H31N3O2/c1-16-10-12-21-20(14-16)24-26-25(18-8-6-7-9-19(18)27(24)34-29(21,2)3)31-23-15-17(28(33)32(4)5)11-13-22(23)30-26/h6-9,11,13,15-16,20-21H,10,12,14H2,1-5H3/t16-,20-,21-/m0/s1. The Morgan fingerprint density at radius 1 is 1.00 bits per heavy atom. The van der Waals surface area contributed by atoms with Crippen molar-refractivity contribution in [2.75, 3.05) is 14.1 Å². The Labute approximate surface area is 200 Å². The molecule has 4 aromatic rings. The van der Waals surface area contributed by atoms with Gasteiger partial charge in [0.15, 0.2) is 0 Å². The van der Waals surface area contributed by atoms with Crippen LogP contribution in [0.2, 0.25) is 0 Å². The molecular weight excluding hydrogens is 422 g/mol. The Balaban J connectivity index is 1.69. The van der Waals surface area contributed by atoms with Gasteiger partial charge in [-0.2, -0.15) is 0 Å². The van der Waals surface area contributed by atoms with E-state index in [9.17, 15) is 4.79 Å². The second-order valence-electron chi connectivity index (χ2n) is 10.9. The highest BCUT2D eigenvalue weighted by atomic mass is 16.5. The van der Waals surface area contributed by atoms with Crippen LogP contribution in [-0.2, 0) is 0 Å². The predicted octanol–water partition coefficient (Wildman–Crippen LogP) is 6.33. The first-order chi connectivity index (χ1) is 16.2. The van der Waals surface area contributed by atoms with Crippen molar-refractivity contribution >= 4 is 38.7 Å². The Morgan fingerprint density at radius 2 is 1.74 bits per heavy atom. The molecule has 0 bridgehead atoms. The number of ether oxygens (including phenoxy) is 1. The molecule has 1 aromatic heterocycles. The van der Waals surface area contributed by atoms with Gasteiger partial charge in [-0.3, -0.25) is 4.79 Å². The van der Waals surface area contributed by atoms with Crippen LogP contribution >= 0.6 is 0 Å². The minimum atomic E-state index is -0.222. The molecule has 1 saturated carbocycles. The van der Waals surface area contributed by atoms with Crippen molar-refractivity contribution in [3.63, 3.8) is 0 Å². The van der Waals surface area contributed by atoms with Gasteiger partial charge >= 0.3 is 0 Å². The monoisotopic (exact) mass is 453 g/mol. The Bertz CT molecular complexity index is 1470. The second kappa shape index (κ2) is 7.39. The summed E-state index contributed by atoms with van der Waals surface area (Å²) in [4.78, 5) is 24.5. The number of hydrogen-bond acceptors (Lipinski definition) is 4. The first kappa shape index (κ1) is 21.3. The predicted molar refractivity (Wildman–Crippen MR) is 137 cm³/mol. The molecule has 5 nitrogen and oxygen atoms in total. The number of fused-ring (bicyclic) bond motifs is 9. The molecule has 0 radical (unpaired) electrons. The fourth-order valence-electron chi connectivity index (χ4n) is 6.29. The summed E-state index contributed by atoms with van der Waals surface area (Å²) in [6, 6.07) is 14.0. The van der Waals surface area contributed by atoms with Gasteiger partial charge in [0.2, 0.25) is 0 Å². The largest absolute Gasteiger partial charge is 0.487 e. The number of hydrogen-bond donors (Lipinski definition) is 0. The molecular formula is C29H31N3O2. The van der Waals surface area contributed by atoms with Gasteiger partial charge in [0.25, 0.3) is 5.91 Å². The van der Waals surface area contributed by atoms with E-state index in [-0.39, 0.29) is 11.5 Å². The number of rotatable bonds is 1. The average Bonchev–Trinajstić information content (AvgIpc) is 2.81. The molecule has 2 aliphatic rings. The zero-order valence-electron chi connectivity index (χ0n) is 20.6. The van der Waals surface area contributed by atoms with Crippen LogP contribution < -0.4 is 4.74 Å². The van der Waals surface area contributed by atoms with Crippen LogP contribution in [0.5, 0.6) is 5.75 Å². The molecule has 0 saturated heterocycles. The van der Waals surface area contributed by atoms with Crippen molar-refractivity contribution in [3.8, 4) is 5.75 Å². The van der Waals surface area contributed by atoms with Crippen molar-refractivity contribution in [2.24, 2.45) is 11.8 Å². The number of benzene rings is 3. The number of amides is 1. The summed E-state index contributed by atoms with van der Waals surface area (Å²) in [7, 11) is 3.53. The van der Waals surface area contributed by atoms with E-state index in [1.54, 1.807) is 19.0 Å². The minimum absolute atomic E-state index is 0.0336. The summed E-state index contributed by atoms with van der Waals surface area (Å²) in [5.74, 6) is 2.48. The van der Waals surface area contributed by atoms with E-state index in [1.807, 2.05) is 24.3 Å². The quantitative estimate of drug-likeness (QED) is 0.250. The maximum absolute atomic E-state index is 12.6. The minimum Gasteiger partial charge on any atom is -0.487 e. The zero-order chi connectivity index (χ0) is 23.8. The normalized spacial score (nSPS) is 23.4. The molecule has 3 atom stereocenters. The second-order valence-corrected chi connectivity index (χ2v) is 10.9. The van der Waals surface area contributed by atoms with Crippen molar-refractivity contribution in [2.45, 2.75) is 51.6 Å². The van der Waals surface area contributed by atoms with Gasteiger partial charge in [0.1, 0.15) is 11.4 Å². The van der Waals surface area contributed by atoms with Crippen molar-refractivity contribution in [1.29, 1.82) is 0 Å². The molecule has 6 rings (SSSR count). The first-order valence-electron chi connectivity index (χ1n) is 12.3. The number of nitrogens with zero attached hydrogens (tertiary/aromatic N) is 3. The van der Waals surface area contributed by atoms with Gasteiger partial charge in [0.05, 0.1) is 22.1 Å². The van der Waals surface area contributed by atoms with Gasteiger partial charge in [0, 0.05) is 41.9 Å². The van der Waals surface area contributed by atoms with Gasteiger partial charge in [-0.25, -0.2) is 9.97 Å². The summed E-state index contributed by atoms with van der Waals surface area (Å²) in [6.45, 7) is 6.86. The lowest BCUT2D eigenvalue weighted by Gasteiger charge is -2.49.